The van der Waals surface area contributed by atoms with Crippen LogP contribution in [0, 0.1) is 0 Å². The third kappa shape index (κ3) is 4.81. The Labute approximate surface area is 205 Å². The molecule has 1 aromatic heterocycles. The van der Waals surface area contributed by atoms with E-state index in [0.717, 1.165) is 50.6 Å². The van der Waals surface area contributed by atoms with Gasteiger partial charge in [0.05, 0.1) is 21.7 Å². The molecule has 2 aliphatic heterocycles. The highest BCUT2D eigenvalue weighted by atomic mass is 32.2. The summed E-state index contributed by atoms with van der Waals surface area (Å²) in [5.41, 5.74) is 7.63. The Morgan fingerprint density at radius 3 is 2.43 bits per heavy atom. The minimum Gasteiger partial charge on any atom is -0.454 e. The normalized spacial score (nSPS) is 17.1. The number of sulfonamides is 1. The van der Waals surface area contributed by atoms with Gasteiger partial charge in [0.15, 0.2) is 12.4 Å². The molecule has 0 atom stereocenters. The summed E-state index contributed by atoms with van der Waals surface area (Å²) in [5.74, 6) is -0.0127. The van der Waals surface area contributed by atoms with Crippen LogP contribution < -0.4 is 10.6 Å². The number of fused-ring (bicyclic) bond motifs is 1. The highest BCUT2D eigenvalue weighted by molar-refractivity contribution is 7.89. The number of benzene rings is 2. The highest BCUT2D eigenvalue weighted by Crippen LogP contribution is 2.30. The van der Waals surface area contributed by atoms with Gasteiger partial charge in [0.1, 0.15) is 5.82 Å². The number of aromatic nitrogens is 2. The summed E-state index contributed by atoms with van der Waals surface area (Å²) in [5, 5.41) is 0.731. The van der Waals surface area contributed by atoms with Crippen molar-refractivity contribution in [3.63, 3.8) is 0 Å². The van der Waals surface area contributed by atoms with Crippen molar-refractivity contribution in [1.82, 2.24) is 14.3 Å². The molecule has 2 saturated heterocycles. The first kappa shape index (κ1) is 23.5. The maximum Gasteiger partial charge on any atom is 0.340 e. The Kier molecular flexibility index (Phi) is 6.57. The Balaban J connectivity index is 1.43. The van der Waals surface area contributed by atoms with Gasteiger partial charge in [-0.25, -0.2) is 23.2 Å². The Hall–Kier alpha value is -3.24. The number of hydrogen-bond donors (Lipinski definition) is 1. The van der Waals surface area contributed by atoms with Crippen LogP contribution >= 0.6 is 0 Å². The van der Waals surface area contributed by atoms with Gasteiger partial charge in [-0.2, -0.15) is 4.31 Å². The molecule has 2 fully saturated rings. The number of nitrogen functional groups attached to an aromatic ring is 1. The first-order valence-electron chi connectivity index (χ1n) is 12.0. The number of hydrogen-bond acceptors (Lipinski definition) is 8. The topological polar surface area (TPSA) is 119 Å². The number of rotatable bonds is 6. The molecule has 184 valence electrons. The van der Waals surface area contributed by atoms with Gasteiger partial charge in [-0.3, -0.25) is 0 Å². The van der Waals surface area contributed by atoms with Gasteiger partial charge in [-0.1, -0.05) is 18.6 Å². The molecule has 2 aromatic carbocycles. The standard InChI is InChI=1S/C25H29N5O4S/c26-24-19-8-2-3-9-21(19)27-23(28-24)17-34-25(31)20-16-18(10-11-22(20)29-12-6-7-13-29)35(32,33)30-14-4-1-5-15-30/h2-3,8-11,16H,1,4-7,12-15,17H2,(H2,26,27,28). The smallest absolute Gasteiger partial charge is 0.340 e. The first-order chi connectivity index (χ1) is 16.9. The monoisotopic (exact) mass is 495 g/mol. The number of piperidine rings is 1. The van der Waals surface area contributed by atoms with Gasteiger partial charge in [0, 0.05) is 31.6 Å². The molecular weight excluding hydrogens is 466 g/mol. The highest BCUT2D eigenvalue weighted by Gasteiger charge is 2.29. The van der Waals surface area contributed by atoms with Crippen LogP contribution in [0.5, 0.6) is 0 Å². The molecule has 5 rings (SSSR count). The fourth-order valence-corrected chi connectivity index (χ4v) is 6.29. The van der Waals surface area contributed by atoms with Crippen molar-refractivity contribution >= 4 is 38.4 Å². The molecule has 3 heterocycles. The Morgan fingerprint density at radius 1 is 0.943 bits per heavy atom. The molecule has 2 N–H and O–H groups in total. The molecule has 0 amide bonds. The molecule has 0 bridgehead atoms. The molecule has 0 radical (unpaired) electrons. The second-order valence-corrected chi connectivity index (χ2v) is 10.9. The SMILES string of the molecule is Nc1nc(COC(=O)c2cc(S(=O)(=O)N3CCCCC3)ccc2N2CCCC2)nc2ccccc12. The quantitative estimate of drug-likeness (QED) is 0.517. The van der Waals surface area contributed by atoms with Crippen LogP contribution in [0.4, 0.5) is 11.5 Å². The summed E-state index contributed by atoms with van der Waals surface area (Å²) in [4.78, 5) is 24.2. The van der Waals surface area contributed by atoms with Crippen molar-refractivity contribution in [2.75, 3.05) is 36.8 Å². The number of esters is 1. The Morgan fingerprint density at radius 2 is 1.66 bits per heavy atom. The Bertz CT molecular complexity index is 1350. The summed E-state index contributed by atoms with van der Waals surface area (Å²) >= 11 is 0. The number of carbonyl (C=O) groups excluding carboxylic acids is 1. The van der Waals surface area contributed by atoms with E-state index in [9.17, 15) is 13.2 Å². The number of para-hydroxylation sites is 1. The molecule has 2 aliphatic rings. The molecule has 9 nitrogen and oxygen atoms in total. The van der Waals surface area contributed by atoms with Crippen LogP contribution in [-0.2, 0) is 21.4 Å². The largest absolute Gasteiger partial charge is 0.454 e. The lowest BCUT2D eigenvalue weighted by Gasteiger charge is -2.27. The average Bonchev–Trinajstić information content (AvgIpc) is 3.42. The molecule has 0 aliphatic carbocycles. The predicted molar refractivity (Wildman–Crippen MR) is 134 cm³/mol. The average molecular weight is 496 g/mol. The molecule has 10 heteroatoms. The lowest BCUT2D eigenvalue weighted by molar-refractivity contribution is 0.0463. The zero-order valence-electron chi connectivity index (χ0n) is 19.5. The number of carbonyl (C=O) groups is 1. The molecule has 0 saturated carbocycles. The maximum atomic E-state index is 13.3. The van der Waals surface area contributed by atoms with Crippen molar-refractivity contribution in [3.05, 3.63) is 53.9 Å². The van der Waals surface area contributed by atoms with E-state index in [1.807, 2.05) is 24.3 Å². The van der Waals surface area contributed by atoms with E-state index in [0.29, 0.717) is 30.1 Å². The van der Waals surface area contributed by atoms with Gasteiger partial charge in [0.2, 0.25) is 10.0 Å². The first-order valence-corrected chi connectivity index (χ1v) is 13.4. The van der Waals surface area contributed by atoms with Crippen LogP contribution in [0.25, 0.3) is 10.9 Å². The molecule has 0 unspecified atom stereocenters. The molecule has 0 spiro atoms. The molecule has 3 aromatic rings. The minimum absolute atomic E-state index is 0.112. The van der Waals surface area contributed by atoms with Gasteiger partial charge < -0.3 is 15.4 Å². The van der Waals surface area contributed by atoms with Crippen LogP contribution in [0.3, 0.4) is 0 Å². The van der Waals surface area contributed by atoms with Gasteiger partial charge in [-0.05, 0) is 56.0 Å². The van der Waals surface area contributed by atoms with Crippen molar-refractivity contribution < 1.29 is 17.9 Å². The van der Waals surface area contributed by atoms with Crippen LogP contribution in [-0.4, -0.2) is 54.8 Å². The van der Waals surface area contributed by atoms with Crippen molar-refractivity contribution in [3.8, 4) is 0 Å². The van der Waals surface area contributed by atoms with E-state index < -0.39 is 16.0 Å². The molecule has 35 heavy (non-hydrogen) atoms. The van der Waals surface area contributed by atoms with E-state index in [-0.39, 0.29) is 22.9 Å². The third-order valence-electron chi connectivity index (χ3n) is 6.60. The van der Waals surface area contributed by atoms with Crippen LogP contribution in [0.2, 0.25) is 0 Å². The zero-order valence-corrected chi connectivity index (χ0v) is 20.3. The van der Waals surface area contributed by atoms with Gasteiger partial charge in [-0.15, -0.1) is 0 Å². The van der Waals surface area contributed by atoms with Crippen molar-refractivity contribution in [1.29, 1.82) is 0 Å². The predicted octanol–water partition coefficient (Wildman–Crippen LogP) is 3.34. The lowest BCUT2D eigenvalue weighted by atomic mass is 10.1. The zero-order chi connectivity index (χ0) is 24.4. The second-order valence-electron chi connectivity index (χ2n) is 8.96. The van der Waals surface area contributed by atoms with Crippen molar-refractivity contribution in [2.24, 2.45) is 0 Å². The van der Waals surface area contributed by atoms with Crippen LogP contribution in [0.1, 0.15) is 48.3 Å². The molecular formula is C25H29N5O4S. The van der Waals surface area contributed by atoms with E-state index in [1.165, 1.54) is 10.4 Å². The summed E-state index contributed by atoms with van der Waals surface area (Å²) in [6.45, 7) is 2.44. The number of nitrogens with zero attached hydrogens (tertiary/aromatic N) is 4. The summed E-state index contributed by atoms with van der Waals surface area (Å²) in [6, 6.07) is 12.1. The summed E-state index contributed by atoms with van der Waals surface area (Å²) < 4.78 is 33.6. The van der Waals surface area contributed by atoms with Gasteiger partial charge in [0.25, 0.3) is 0 Å². The number of anilines is 2. The van der Waals surface area contributed by atoms with Gasteiger partial charge >= 0.3 is 5.97 Å². The summed E-state index contributed by atoms with van der Waals surface area (Å²) in [6.07, 6.45) is 4.75. The second kappa shape index (κ2) is 9.79. The maximum absolute atomic E-state index is 13.3. The third-order valence-corrected chi connectivity index (χ3v) is 8.49. The number of ether oxygens (including phenoxy) is 1. The fourth-order valence-electron chi connectivity index (χ4n) is 4.75. The van der Waals surface area contributed by atoms with E-state index >= 15 is 0 Å². The fraction of sp³-hybridized carbons (Fsp3) is 0.400. The van der Waals surface area contributed by atoms with Crippen LogP contribution in [0.15, 0.2) is 47.4 Å². The number of nitrogens with two attached hydrogens (primary N) is 1. The van der Waals surface area contributed by atoms with E-state index in [1.54, 1.807) is 12.1 Å². The van der Waals surface area contributed by atoms with E-state index in [4.69, 9.17) is 10.5 Å². The summed E-state index contributed by atoms with van der Waals surface area (Å²) in [7, 11) is -3.69. The minimum atomic E-state index is -3.69. The van der Waals surface area contributed by atoms with E-state index in [2.05, 4.69) is 14.9 Å². The van der Waals surface area contributed by atoms with Crippen molar-refractivity contribution in [2.45, 2.75) is 43.6 Å². The lowest BCUT2D eigenvalue weighted by Crippen LogP contribution is -2.35.